The van der Waals surface area contributed by atoms with Crippen molar-refractivity contribution in [2.45, 2.75) is 19.9 Å². The van der Waals surface area contributed by atoms with E-state index in [0.29, 0.717) is 24.8 Å². The average Bonchev–Trinajstić information content (AvgIpc) is 3.14. The molecular weight excluding hydrogens is 318 g/mol. The van der Waals surface area contributed by atoms with E-state index in [1.807, 2.05) is 17.5 Å². The van der Waals surface area contributed by atoms with E-state index < -0.39 is 5.97 Å². The van der Waals surface area contributed by atoms with Gasteiger partial charge < -0.3 is 10.1 Å². The molecule has 3 heterocycles. The van der Waals surface area contributed by atoms with Gasteiger partial charge in [-0.1, -0.05) is 6.07 Å². The van der Waals surface area contributed by atoms with Gasteiger partial charge in [0, 0.05) is 10.9 Å². The standard InChI is InChI=1S/C14H15N5O3S/c1-2-22-12(21)7-9-6-11(20)19-14(16-9)17-13(18-19)15-8-10-4-3-5-23-10/h3-6H,2,7-8H2,1H3,(H2,15,16,17,18). The number of ether oxygens (including phenoxy) is 1. The van der Waals surface area contributed by atoms with E-state index in [4.69, 9.17) is 4.74 Å². The van der Waals surface area contributed by atoms with Crippen LogP contribution in [0.1, 0.15) is 17.5 Å². The lowest BCUT2D eigenvalue weighted by Crippen LogP contribution is -2.18. The van der Waals surface area contributed by atoms with E-state index in [1.165, 1.54) is 10.6 Å². The molecule has 0 aliphatic carbocycles. The molecule has 0 aromatic carbocycles. The van der Waals surface area contributed by atoms with Crippen molar-refractivity contribution in [3.8, 4) is 0 Å². The minimum absolute atomic E-state index is 0.0512. The average molecular weight is 333 g/mol. The fourth-order valence-corrected chi connectivity index (χ4v) is 2.69. The highest BCUT2D eigenvalue weighted by Gasteiger charge is 2.11. The van der Waals surface area contributed by atoms with Crippen LogP contribution in [-0.2, 0) is 22.5 Å². The lowest BCUT2D eigenvalue weighted by Gasteiger charge is -2.00. The Labute approximate surface area is 135 Å². The molecule has 0 atom stereocenters. The Kier molecular flexibility index (Phi) is 4.38. The van der Waals surface area contributed by atoms with E-state index in [0.717, 1.165) is 4.88 Å². The summed E-state index contributed by atoms with van der Waals surface area (Å²) < 4.78 is 6.08. The minimum atomic E-state index is -0.421. The third kappa shape index (κ3) is 3.57. The number of aromatic nitrogens is 4. The van der Waals surface area contributed by atoms with Crippen molar-refractivity contribution in [3.63, 3.8) is 0 Å². The third-order valence-electron chi connectivity index (χ3n) is 3.02. The van der Waals surface area contributed by atoms with Crippen LogP contribution in [0.4, 0.5) is 5.95 Å². The van der Waals surface area contributed by atoms with Crippen molar-refractivity contribution < 1.29 is 9.53 Å². The number of esters is 1. The van der Waals surface area contributed by atoms with Crippen LogP contribution in [0.5, 0.6) is 0 Å². The van der Waals surface area contributed by atoms with Gasteiger partial charge in [-0.15, -0.1) is 11.3 Å². The van der Waals surface area contributed by atoms with Crippen LogP contribution in [0.3, 0.4) is 0 Å². The first-order valence-corrected chi connectivity index (χ1v) is 7.94. The maximum absolute atomic E-state index is 12.1. The van der Waals surface area contributed by atoms with Gasteiger partial charge in [0.25, 0.3) is 11.3 Å². The highest BCUT2D eigenvalue weighted by Crippen LogP contribution is 2.10. The molecule has 23 heavy (non-hydrogen) atoms. The van der Waals surface area contributed by atoms with E-state index >= 15 is 0 Å². The van der Waals surface area contributed by atoms with Gasteiger partial charge in [-0.3, -0.25) is 14.7 Å². The predicted octanol–water partition coefficient (Wildman–Crippen LogP) is 1.20. The number of thiophene rings is 1. The Bertz CT molecular complexity index is 868. The molecule has 0 aliphatic rings. The second-order valence-electron chi connectivity index (χ2n) is 4.71. The molecule has 9 heteroatoms. The molecule has 8 nitrogen and oxygen atoms in total. The number of anilines is 1. The highest BCUT2D eigenvalue weighted by molar-refractivity contribution is 7.09. The summed E-state index contributed by atoms with van der Waals surface area (Å²) in [6.45, 7) is 2.61. The van der Waals surface area contributed by atoms with Gasteiger partial charge in [0.1, 0.15) is 0 Å². The second kappa shape index (κ2) is 6.61. The summed E-state index contributed by atoms with van der Waals surface area (Å²) >= 11 is 1.63. The Hall–Kier alpha value is -2.68. The molecule has 0 fully saturated rings. The van der Waals surface area contributed by atoms with Crippen LogP contribution in [0, 0.1) is 0 Å². The number of carbonyl (C=O) groups excluding carboxylic acids is 1. The Morgan fingerprint density at radius 2 is 2.35 bits per heavy atom. The van der Waals surface area contributed by atoms with Crippen molar-refractivity contribution >= 4 is 29.0 Å². The van der Waals surface area contributed by atoms with Crippen LogP contribution in [0.25, 0.3) is 5.78 Å². The lowest BCUT2D eigenvalue weighted by molar-refractivity contribution is -0.142. The van der Waals surface area contributed by atoms with E-state index in [2.05, 4.69) is 20.4 Å². The monoisotopic (exact) mass is 333 g/mol. The normalized spacial score (nSPS) is 10.8. The van der Waals surface area contributed by atoms with Gasteiger partial charge in [0.2, 0.25) is 5.95 Å². The maximum Gasteiger partial charge on any atom is 0.311 e. The second-order valence-corrected chi connectivity index (χ2v) is 5.74. The molecular formula is C14H15N5O3S. The zero-order chi connectivity index (χ0) is 16.2. The van der Waals surface area contributed by atoms with Crippen LogP contribution in [-0.4, -0.2) is 32.2 Å². The molecule has 0 saturated carbocycles. The first-order valence-electron chi connectivity index (χ1n) is 7.06. The summed E-state index contributed by atoms with van der Waals surface area (Å²) in [7, 11) is 0. The van der Waals surface area contributed by atoms with E-state index in [1.54, 1.807) is 18.3 Å². The van der Waals surface area contributed by atoms with Crippen molar-refractivity contribution in [1.29, 1.82) is 0 Å². The van der Waals surface area contributed by atoms with Crippen molar-refractivity contribution in [1.82, 2.24) is 19.6 Å². The van der Waals surface area contributed by atoms with Gasteiger partial charge >= 0.3 is 5.97 Å². The molecule has 3 rings (SSSR count). The number of aromatic amines is 1. The summed E-state index contributed by atoms with van der Waals surface area (Å²) in [6, 6.07) is 5.27. The number of H-pyrrole nitrogens is 1. The molecule has 3 aromatic rings. The summed E-state index contributed by atoms with van der Waals surface area (Å²) in [4.78, 5) is 33.1. The molecule has 3 aromatic heterocycles. The van der Waals surface area contributed by atoms with Crippen molar-refractivity contribution in [3.05, 3.63) is 44.5 Å². The van der Waals surface area contributed by atoms with Crippen LogP contribution < -0.4 is 10.9 Å². The number of hydrogen-bond acceptors (Lipinski definition) is 7. The number of carbonyl (C=O) groups is 1. The van der Waals surface area contributed by atoms with Gasteiger partial charge in [0.15, 0.2) is 0 Å². The zero-order valence-corrected chi connectivity index (χ0v) is 13.2. The molecule has 120 valence electrons. The quantitative estimate of drug-likeness (QED) is 0.657. The number of fused-ring (bicyclic) bond motifs is 1. The summed E-state index contributed by atoms with van der Waals surface area (Å²) in [5.41, 5.74) is 0.00993. The predicted molar refractivity (Wildman–Crippen MR) is 85.6 cm³/mol. The van der Waals surface area contributed by atoms with Crippen LogP contribution in [0.2, 0.25) is 0 Å². The van der Waals surface area contributed by atoms with Crippen molar-refractivity contribution in [2.24, 2.45) is 0 Å². The molecule has 0 aliphatic heterocycles. The molecule has 0 saturated heterocycles. The van der Waals surface area contributed by atoms with Gasteiger partial charge in [-0.25, -0.2) is 4.98 Å². The Morgan fingerprint density at radius 1 is 1.48 bits per heavy atom. The van der Waals surface area contributed by atoms with Gasteiger partial charge in [0.05, 0.1) is 25.3 Å². The molecule has 0 bridgehead atoms. The first kappa shape index (κ1) is 15.2. The Morgan fingerprint density at radius 3 is 3.09 bits per heavy atom. The lowest BCUT2D eigenvalue weighted by atomic mass is 10.3. The van der Waals surface area contributed by atoms with Gasteiger partial charge in [-0.05, 0) is 18.4 Å². The molecule has 0 radical (unpaired) electrons. The molecule has 2 N–H and O–H groups in total. The van der Waals surface area contributed by atoms with Crippen molar-refractivity contribution in [2.75, 3.05) is 11.9 Å². The Balaban J connectivity index is 1.80. The third-order valence-corrected chi connectivity index (χ3v) is 3.90. The SMILES string of the molecule is CCOC(=O)Cc1cc(=O)n2[nH]c(NCc3cccs3)nc2n1. The maximum atomic E-state index is 12.1. The van der Waals surface area contributed by atoms with Gasteiger partial charge in [-0.2, -0.15) is 9.50 Å². The topological polar surface area (TPSA) is 101 Å². The smallest absolute Gasteiger partial charge is 0.311 e. The minimum Gasteiger partial charge on any atom is -0.466 e. The van der Waals surface area contributed by atoms with Crippen LogP contribution >= 0.6 is 11.3 Å². The fraction of sp³-hybridized carbons (Fsp3) is 0.286. The number of nitrogens with zero attached hydrogens (tertiary/aromatic N) is 3. The summed E-state index contributed by atoms with van der Waals surface area (Å²) in [5, 5.41) is 7.93. The summed E-state index contributed by atoms with van der Waals surface area (Å²) in [5.74, 6) is 0.233. The molecule has 0 unspecified atom stereocenters. The number of nitrogens with one attached hydrogen (secondary N) is 2. The molecule has 0 amide bonds. The largest absolute Gasteiger partial charge is 0.466 e. The van der Waals surface area contributed by atoms with E-state index in [9.17, 15) is 9.59 Å². The summed E-state index contributed by atoms with van der Waals surface area (Å²) in [6.07, 6.45) is -0.0512. The number of rotatable bonds is 6. The number of hydrogen-bond donors (Lipinski definition) is 2. The fourth-order valence-electron chi connectivity index (χ4n) is 2.04. The molecule has 0 spiro atoms. The van der Waals surface area contributed by atoms with E-state index in [-0.39, 0.29) is 17.8 Å². The van der Waals surface area contributed by atoms with Crippen LogP contribution in [0.15, 0.2) is 28.4 Å². The first-order chi connectivity index (χ1) is 11.2. The zero-order valence-electron chi connectivity index (χ0n) is 12.4. The highest BCUT2D eigenvalue weighted by atomic mass is 32.1.